The van der Waals surface area contributed by atoms with Crippen LogP contribution in [0.1, 0.15) is 10.4 Å². The molecule has 1 saturated heterocycles. The molecule has 2 N–H and O–H groups in total. The normalized spacial score (nSPS) is 18.2. The van der Waals surface area contributed by atoms with Gasteiger partial charge < -0.3 is 10.2 Å². The van der Waals surface area contributed by atoms with Gasteiger partial charge in [-0.1, -0.05) is 0 Å². The average molecular weight is 237 g/mol. The molecule has 6 heteroatoms. The molecule has 1 amide bonds. The lowest BCUT2D eigenvalue weighted by molar-refractivity contribution is 0.0941. The Hall–Kier alpha value is -1.40. The molecule has 0 unspecified atom stereocenters. The maximum atomic E-state index is 11.6. The Morgan fingerprint density at radius 2 is 2.24 bits per heavy atom. The number of piperazine rings is 1. The van der Waals surface area contributed by atoms with Crippen LogP contribution in [-0.2, 0) is 0 Å². The molecule has 0 atom stereocenters. The SMILES string of the molecule is CN1CCN(CCNC(=O)c2cn[nH]c2)CC1. The van der Waals surface area contributed by atoms with Crippen molar-refractivity contribution in [3.05, 3.63) is 18.0 Å². The number of aromatic nitrogens is 2. The predicted octanol–water partition coefficient (Wildman–Crippen LogP) is -0.613. The Bertz CT molecular complexity index is 343. The highest BCUT2D eigenvalue weighted by atomic mass is 16.1. The van der Waals surface area contributed by atoms with Crippen LogP contribution in [0.3, 0.4) is 0 Å². The van der Waals surface area contributed by atoms with E-state index in [1.165, 1.54) is 6.20 Å². The fourth-order valence-electron chi connectivity index (χ4n) is 1.88. The second kappa shape index (κ2) is 5.79. The van der Waals surface area contributed by atoms with Crippen molar-refractivity contribution in [3.63, 3.8) is 0 Å². The summed E-state index contributed by atoms with van der Waals surface area (Å²) < 4.78 is 0. The summed E-state index contributed by atoms with van der Waals surface area (Å²) in [5.74, 6) is -0.0622. The molecule has 2 rings (SSSR count). The quantitative estimate of drug-likeness (QED) is 0.733. The van der Waals surface area contributed by atoms with Crippen molar-refractivity contribution in [2.75, 3.05) is 46.3 Å². The van der Waals surface area contributed by atoms with Crippen LogP contribution in [0, 0.1) is 0 Å². The van der Waals surface area contributed by atoms with E-state index >= 15 is 0 Å². The predicted molar refractivity (Wildman–Crippen MR) is 64.9 cm³/mol. The van der Waals surface area contributed by atoms with E-state index in [2.05, 4.69) is 32.4 Å². The van der Waals surface area contributed by atoms with Crippen LogP contribution in [0.15, 0.2) is 12.4 Å². The molecular weight excluding hydrogens is 218 g/mol. The van der Waals surface area contributed by atoms with Gasteiger partial charge in [-0.25, -0.2) is 0 Å². The molecule has 0 aliphatic carbocycles. The minimum atomic E-state index is -0.0622. The molecule has 0 bridgehead atoms. The molecule has 0 aromatic carbocycles. The number of amides is 1. The summed E-state index contributed by atoms with van der Waals surface area (Å²) in [5, 5.41) is 9.27. The van der Waals surface area contributed by atoms with Gasteiger partial charge in [0.2, 0.25) is 0 Å². The highest BCUT2D eigenvalue weighted by molar-refractivity contribution is 5.93. The van der Waals surface area contributed by atoms with E-state index in [4.69, 9.17) is 0 Å². The van der Waals surface area contributed by atoms with Crippen LogP contribution < -0.4 is 5.32 Å². The summed E-state index contributed by atoms with van der Waals surface area (Å²) in [5.41, 5.74) is 0.586. The Balaban J connectivity index is 1.64. The standard InChI is InChI=1S/C11H19N5O/c1-15-4-6-16(7-5-15)3-2-12-11(17)10-8-13-14-9-10/h8-9H,2-7H2,1H3,(H,12,17)(H,13,14). The molecule has 1 fully saturated rings. The number of hydrogen-bond donors (Lipinski definition) is 2. The van der Waals surface area contributed by atoms with Crippen molar-refractivity contribution in [2.45, 2.75) is 0 Å². The highest BCUT2D eigenvalue weighted by Crippen LogP contribution is 1.98. The van der Waals surface area contributed by atoms with Gasteiger partial charge in [0.25, 0.3) is 5.91 Å². The third kappa shape index (κ3) is 3.54. The molecule has 1 aromatic heterocycles. The maximum absolute atomic E-state index is 11.6. The minimum absolute atomic E-state index is 0.0622. The molecular formula is C11H19N5O. The molecule has 2 heterocycles. The van der Waals surface area contributed by atoms with E-state index in [1.807, 2.05) is 0 Å². The molecule has 17 heavy (non-hydrogen) atoms. The first-order chi connectivity index (χ1) is 8.25. The Kier molecular flexibility index (Phi) is 4.11. The minimum Gasteiger partial charge on any atom is -0.351 e. The van der Waals surface area contributed by atoms with Crippen molar-refractivity contribution in [3.8, 4) is 0 Å². The summed E-state index contributed by atoms with van der Waals surface area (Å²) in [6, 6.07) is 0. The van der Waals surface area contributed by atoms with E-state index in [-0.39, 0.29) is 5.91 Å². The lowest BCUT2D eigenvalue weighted by Gasteiger charge is -2.32. The average Bonchev–Trinajstić information content (AvgIpc) is 2.85. The van der Waals surface area contributed by atoms with Gasteiger partial charge in [0.1, 0.15) is 0 Å². The van der Waals surface area contributed by atoms with Gasteiger partial charge in [-0.3, -0.25) is 14.8 Å². The van der Waals surface area contributed by atoms with E-state index in [0.717, 1.165) is 32.7 Å². The third-order valence-electron chi connectivity index (χ3n) is 3.07. The van der Waals surface area contributed by atoms with Gasteiger partial charge in [0.05, 0.1) is 11.8 Å². The first-order valence-electron chi connectivity index (χ1n) is 5.93. The summed E-state index contributed by atoms with van der Waals surface area (Å²) in [4.78, 5) is 16.3. The topological polar surface area (TPSA) is 64.3 Å². The summed E-state index contributed by atoms with van der Waals surface area (Å²) in [7, 11) is 2.14. The molecule has 1 aliphatic heterocycles. The van der Waals surface area contributed by atoms with Crippen LogP contribution in [0.5, 0.6) is 0 Å². The number of rotatable bonds is 4. The zero-order valence-electron chi connectivity index (χ0n) is 10.1. The molecule has 1 aromatic rings. The van der Waals surface area contributed by atoms with Crippen molar-refractivity contribution in [1.82, 2.24) is 25.3 Å². The second-order valence-electron chi connectivity index (χ2n) is 4.39. The maximum Gasteiger partial charge on any atom is 0.254 e. The van der Waals surface area contributed by atoms with Gasteiger partial charge in [0, 0.05) is 45.5 Å². The number of H-pyrrole nitrogens is 1. The van der Waals surface area contributed by atoms with Crippen molar-refractivity contribution >= 4 is 5.91 Å². The lowest BCUT2D eigenvalue weighted by atomic mass is 10.3. The van der Waals surface area contributed by atoms with Gasteiger partial charge in [0.15, 0.2) is 0 Å². The lowest BCUT2D eigenvalue weighted by Crippen LogP contribution is -2.46. The molecule has 1 aliphatic rings. The first kappa shape index (κ1) is 12.1. The largest absolute Gasteiger partial charge is 0.351 e. The van der Waals surface area contributed by atoms with E-state index < -0.39 is 0 Å². The van der Waals surface area contributed by atoms with Crippen molar-refractivity contribution in [2.24, 2.45) is 0 Å². The Morgan fingerprint density at radius 3 is 2.88 bits per heavy atom. The monoisotopic (exact) mass is 237 g/mol. The molecule has 0 spiro atoms. The molecule has 94 valence electrons. The molecule has 6 nitrogen and oxygen atoms in total. The Morgan fingerprint density at radius 1 is 1.47 bits per heavy atom. The van der Waals surface area contributed by atoms with E-state index in [1.54, 1.807) is 6.20 Å². The van der Waals surface area contributed by atoms with Crippen molar-refractivity contribution in [1.29, 1.82) is 0 Å². The van der Waals surface area contributed by atoms with Gasteiger partial charge in [-0.2, -0.15) is 5.10 Å². The first-order valence-corrected chi connectivity index (χ1v) is 5.93. The van der Waals surface area contributed by atoms with E-state index in [0.29, 0.717) is 12.1 Å². The fraction of sp³-hybridized carbons (Fsp3) is 0.636. The zero-order valence-corrected chi connectivity index (χ0v) is 10.1. The number of hydrogen-bond acceptors (Lipinski definition) is 4. The fourth-order valence-corrected chi connectivity index (χ4v) is 1.88. The molecule has 0 saturated carbocycles. The van der Waals surface area contributed by atoms with Gasteiger partial charge in [-0.05, 0) is 7.05 Å². The number of carbonyl (C=O) groups is 1. The third-order valence-corrected chi connectivity index (χ3v) is 3.07. The van der Waals surface area contributed by atoms with E-state index in [9.17, 15) is 4.79 Å². The number of likely N-dealkylation sites (N-methyl/N-ethyl adjacent to an activating group) is 1. The van der Waals surface area contributed by atoms with Crippen LogP contribution in [0.2, 0.25) is 0 Å². The van der Waals surface area contributed by atoms with Crippen LogP contribution in [-0.4, -0.2) is 72.2 Å². The molecule has 0 radical (unpaired) electrons. The van der Waals surface area contributed by atoms with Gasteiger partial charge >= 0.3 is 0 Å². The van der Waals surface area contributed by atoms with Crippen LogP contribution in [0.25, 0.3) is 0 Å². The summed E-state index contributed by atoms with van der Waals surface area (Å²) in [6.07, 6.45) is 3.14. The Labute approximate surface area is 101 Å². The van der Waals surface area contributed by atoms with Crippen LogP contribution in [0.4, 0.5) is 0 Å². The summed E-state index contributed by atoms with van der Waals surface area (Å²) in [6.45, 7) is 5.98. The van der Waals surface area contributed by atoms with Crippen LogP contribution >= 0.6 is 0 Å². The highest BCUT2D eigenvalue weighted by Gasteiger charge is 2.13. The number of nitrogens with one attached hydrogen (secondary N) is 2. The number of nitrogens with zero attached hydrogens (tertiary/aromatic N) is 3. The number of carbonyl (C=O) groups excluding carboxylic acids is 1. The van der Waals surface area contributed by atoms with Crippen molar-refractivity contribution < 1.29 is 4.79 Å². The second-order valence-corrected chi connectivity index (χ2v) is 4.39. The number of aromatic amines is 1. The smallest absolute Gasteiger partial charge is 0.254 e. The summed E-state index contributed by atoms with van der Waals surface area (Å²) >= 11 is 0. The zero-order chi connectivity index (χ0) is 12.1. The van der Waals surface area contributed by atoms with Gasteiger partial charge in [-0.15, -0.1) is 0 Å².